The molecule has 2 aromatic carbocycles. The zero-order valence-corrected chi connectivity index (χ0v) is 13.4. The van der Waals surface area contributed by atoms with Gasteiger partial charge in [-0.15, -0.1) is 0 Å². The highest BCUT2D eigenvalue weighted by molar-refractivity contribution is 5.89. The summed E-state index contributed by atoms with van der Waals surface area (Å²) in [5.41, 5.74) is 6.17. The predicted octanol–water partition coefficient (Wildman–Crippen LogP) is 2.28. The molecule has 3 rings (SSSR count). The lowest BCUT2D eigenvalue weighted by Crippen LogP contribution is -2.46. The Kier molecular flexibility index (Phi) is 4.79. The normalized spacial score (nSPS) is 19.9. The summed E-state index contributed by atoms with van der Waals surface area (Å²) >= 11 is 0. The first-order valence-corrected chi connectivity index (χ1v) is 8.05. The summed E-state index contributed by atoms with van der Waals surface area (Å²) in [5, 5.41) is 2.61. The summed E-state index contributed by atoms with van der Waals surface area (Å²) in [5.74, 6) is -3.43. The fraction of sp³-hybridized carbons (Fsp3) is 0.263. The van der Waals surface area contributed by atoms with E-state index < -0.39 is 41.3 Å². The molecule has 3 N–H and O–H groups in total. The zero-order valence-electron chi connectivity index (χ0n) is 13.4. The number of amides is 2. The van der Waals surface area contributed by atoms with E-state index in [1.807, 2.05) is 30.3 Å². The number of benzene rings is 2. The Hall–Kier alpha value is -2.76. The lowest BCUT2D eigenvalue weighted by Gasteiger charge is -2.16. The largest absolute Gasteiger partial charge is 0.368 e. The molecule has 0 radical (unpaired) electrons. The van der Waals surface area contributed by atoms with Crippen LogP contribution in [0.5, 0.6) is 0 Å². The highest BCUT2D eigenvalue weighted by atomic mass is 19.1. The third kappa shape index (κ3) is 3.84. The van der Waals surface area contributed by atoms with Crippen molar-refractivity contribution in [1.29, 1.82) is 0 Å². The van der Waals surface area contributed by atoms with E-state index in [4.69, 9.17) is 5.73 Å². The van der Waals surface area contributed by atoms with E-state index >= 15 is 0 Å². The first-order valence-electron chi connectivity index (χ1n) is 8.05. The summed E-state index contributed by atoms with van der Waals surface area (Å²) in [4.78, 5) is 24.0. The second-order valence-corrected chi connectivity index (χ2v) is 6.24. The van der Waals surface area contributed by atoms with Crippen LogP contribution in [0.15, 0.2) is 48.5 Å². The first-order chi connectivity index (χ1) is 12.0. The van der Waals surface area contributed by atoms with Gasteiger partial charge in [0.05, 0.1) is 0 Å². The standard InChI is InChI=1S/C19H18F2N2O2/c20-14-7-4-8-15(21)17(14)12-10-13(12)19(25)23-16(18(22)24)9-11-5-2-1-3-6-11/h1-8,12-13,16H,9-10H2,(H2,22,24)(H,23,25)/t12-,13+,16+/m1/s1. The molecule has 1 fully saturated rings. The highest BCUT2D eigenvalue weighted by Crippen LogP contribution is 2.49. The van der Waals surface area contributed by atoms with E-state index in [9.17, 15) is 18.4 Å². The predicted molar refractivity (Wildman–Crippen MR) is 88.5 cm³/mol. The lowest BCUT2D eigenvalue weighted by molar-refractivity contribution is -0.128. The van der Waals surface area contributed by atoms with Gasteiger partial charge in [-0.2, -0.15) is 0 Å². The van der Waals surface area contributed by atoms with E-state index in [2.05, 4.69) is 5.32 Å². The van der Waals surface area contributed by atoms with Crippen LogP contribution < -0.4 is 11.1 Å². The SMILES string of the molecule is NC(=O)[C@H](Cc1ccccc1)NC(=O)[C@H]1C[C@H]1c1c(F)cccc1F. The van der Waals surface area contributed by atoms with Crippen LogP contribution >= 0.6 is 0 Å². The van der Waals surface area contributed by atoms with Crippen LogP contribution in [0.3, 0.4) is 0 Å². The molecule has 1 aliphatic carbocycles. The quantitative estimate of drug-likeness (QED) is 0.844. The number of nitrogens with one attached hydrogen (secondary N) is 1. The van der Waals surface area contributed by atoms with Gasteiger partial charge in [0.1, 0.15) is 17.7 Å². The molecule has 1 saturated carbocycles. The van der Waals surface area contributed by atoms with Crippen molar-refractivity contribution in [1.82, 2.24) is 5.32 Å². The van der Waals surface area contributed by atoms with Gasteiger partial charge in [-0.1, -0.05) is 36.4 Å². The third-order valence-corrected chi connectivity index (χ3v) is 4.44. The van der Waals surface area contributed by atoms with E-state index in [1.165, 1.54) is 18.2 Å². The maximum absolute atomic E-state index is 13.8. The third-order valence-electron chi connectivity index (χ3n) is 4.44. The molecule has 4 nitrogen and oxygen atoms in total. The summed E-state index contributed by atoms with van der Waals surface area (Å²) in [6.07, 6.45) is 0.619. The number of nitrogens with two attached hydrogens (primary N) is 1. The Morgan fingerprint density at radius 1 is 1.08 bits per heavy atom. The van der Waals surface area contributed by atoms with Gasteiger partial charge in [0, 0.05) is 23.8 Å². The number of carbonyl (C=O) groups is 2. The number of carbonyl (C=O) groups excluding carboxylic acids is 2. The highest BCUT2D eigenvalue weighted by Gasteiger charge is 2.47. The van der Waals surface area contributed by atoms with E-state index in [0.717, 1.165) is 5.56 Å². The van der Waals surface area contributed by atoms with Gasteiger partial charge in [-0.3, -0.25) is 9.59 Å². The van der Waals surface area contributed by atoms with Gasteiger partial charge >= 0.3 is 0 Å². The lowest BCUT2D eigenvalue weighted by atomic mass is 10.0. The fourth-order valence-electron chi connectivity index (χ4n) is 3.02. The van der Waals surface area contributed by atoms with Crippen LogP contribution in [0.4, 0.5) is 8.78 Å². The molecule has 0 heterocycles. The summed E-state index contributed by atoms with van der Waals surface area (Å²) in [7, 11) is 0. The van der Waals surface area contributed by atoms with Crippen LogP contribution in [-0.2, 0) is 16.0 Å². The summed E-state index contributed by atoms with van der Waals surface area (Å²) < 4.78 is 27.6. The van der Waals surface area contributed by atoms with Crippen molar-refractivity contribution in [3.63, 3.8) is 0 Å². The van der Waals surface area contributed by atoms with Crippen molar-refractivity contribution in [3.8, 4) is 0 Å². The second kappa shape index (κ2) is 7.01. The van der Waals surface area contributed by atoms with Crippen LogP contribution in [0, 0.1) is 17.6 Å². The number of hydrogen-bond acceptors (Lipinski definition) is 2. The Bertz CT molecular complexity index is 775. The van der Waals surface area contributed by atoms with Crippen molar-refractivity contribution in [2.75, 3.05) is 0 Å². The molecule has 0 aliphatic heterocycles. The molecular weight excluding hydrogens is 326 g/mol. The molecule has 2 amide bonds. The van der Waals surface area contributed by atoms with Gasteiger partial charge in [-0.05, 0) is 24.1 Å². The molecule has 0 aromatic heterocycles. The monoisotopic (exact) mass is 344 g/mol. The van der Waals surface area contributed by atoms with Crippen LogP contribution in [0.1, 0.15) is 23.5 Å². The molecule has 6 heteroatoms. The maximum atomic E-state index is 13.8. The second-order valence-electron chi connectivity index (χ2n) is 6.24. The smallest absolute Gasteiger partial charge is 0.240 e. The molecule has 3 atom stereocenters. The minimum Gasteiger partial charge on any atom is -0.368 e. The maximum Gasteiger partial charge on any atom is 0.240 e. The topological polar surface area (TPSA) is 72.2 Å². The van der Waals surface area contributed by atoms with Crippen LogP contribution in [-0.4, -0.2) is 17.9 Å². The van der Waals surface area contributed by atoms with Crippen molar-refractivity contribution in [3.05, 3.63) is 71.3 Å². The molecule has 0 bridgehead atoms. The van der Waals surface area contributed by atoms with E-state index in [0.29, 0.717) is 6.42 Å². The number of halogens is 2. The van der Waals surface area contributed by atoms with Crippen molar-refractivity contribution >= 4 is 11.8 Å². The molecule has 0 unspecified atom stereocenters. The number of primary amides is 1. The van der Waals surface area contributed by atoms with Gasteiger partial charge in [0.15, 0.2) is 0 Å². The zero-order chi connectivity index (χ0) is 18.0. The molecule has 2 aromatic rings. The van der Waals surface area contributed by atoms with Crippen molar-refractivity contribution in [2.24, 2.45) is 11.7 Å². The van der Waals surface area contributed by atoms with E-state index in [-0.39, 0.29) is 12.0 Å². The Morgan fingerprint density at radius 2 is 1.72 bits per heavy atom. The molecular formula is C19H18F2N2O2. The fourth-order valence-corrected chi connectivity index (χ4v) is 3.02. The van der Waals surface area contributed by atoms with Crippen molar-refractivity contribution in [2.45, 2.75) is 24.8 Å². The summed E-state index contributed by atoms with van der Waals surface area (Å²) in [6, 6.07) is 11.9. The first kappa shape index (κ1) is 17.1. The molecule has 1 aliphatic rings. The minimum absolute atomic E-state index is 0.0682. The Labute approximate surface area is 144 Å². The minimum atomic E-state index is -0.860. The van der Waals surface area contributed by atoms with Gasteiger partial charge in [0.25, 0.3) is 0 Å². The van der Waals surface area contributed by atoms with E-state index in [1.54, 1.807) is 0 Å². The Morgan fingerprint density at radius 3 is 2.32 bits per heavy atom. The van der Waals surface area contributed by atoms with Gasteiger partial charge in [0.2, 0.25) is 11.8 Å². The van der Waals surface area contributed by atoms with Crippen molar-refractivity contribution < 1.29 is 18.4 Å². The Balaban J connectivity index is 1.66. The van der Waals surface area contributed by atoms with Crippen LogP contribution in [0.25, 0.3) is 0 Å². The number of rotatable bonds is 6. The molecule has 0 saturated heterocycles. The van der Waals surface area contributed by atoms with Gasteiger partial charge in [-0.25, -0.2) is 8.78 Å². The average Bonchev–Trinajstić information content (AvgIpc) is 3.35. The van der Waals surface area contributed by atoms with Crippen LogP contribution in [0.2, 0.25) is 0 Å². The molecule has 130 valence electrons. The summed E-state index contributed by atoms with van der Waals surface area (Å²) in [6.45, 7) is 0. The molecule has 0 spiro atoms. The van der Waals surface area contributed by atoms with Gasteiger partial charge < -0.3 is 11.1 Å². The average molecular weight is 344 g/mol. The molecule has 25 heavy (non-hydrogen) atoms. The number of hydrogen-bond donors (Lipinski definition) is 2.